The van der Waals surface area contributed by atoms with E-state index in [4.69, 9.17) is 5.73 Å². The Hall–Kier alpha value is -1.98. The molecule has 18 heavy (non-hydrogen) atoms. The number of carbonyl (C=O) groups is 2. The van der Waals surface area contributed by atoms with Gasteiger partial charge in [0.2, 0.25) is 5.91 Å². The van der Waals surface area contributed by atoms with Crippen LogP contribution in [-0.4, -0.2) is 19.0 Å². The monoisotopic (exact) mass is 257 g/mol. The lowest BCUT2D eigenvalue weighted by molar-refractivity contribution is -0.170. The van der Waals surface area contributed by atoms with Gasteiger partial charge in [0.05, 0.1) is 13.5 Å². The van der Waals surface area contributed by atoms with Crippen LogP contribution in [0.5, 0.6) is 0 Å². The predicted octanol–water partition coefficient (Wildman–Crippen LogP) is 1.29. The molecule has 1 amide bonds. The van der Waals surface area contributed by atoms with E-state index >= 15 is 0 Å². The Kier molecular flexibility index (Phi) is 4.00. The van der Waals surface area contributed by atoms with Crippen molar-refractivity contribution in [1.29, 1.82) is 0 Å². The molecular weight excluding hydrogens is 244 g/mol. The second-order valence-electron chi connectivity index (χ2n) is 3.87. The molecule has 0 aliphatic heterocycles. The first-order valence-electron chi connectivity index (χ1n) is 5.13. The molecule has 4 nitrogen and oxygen atoms in total. The zero-order valence-corrected chi connectivity index (χ0v) is 10.00. The van der Waals surface area contributed by atoms with E-state index in [1.807, 2.05) is 0 Å². The van der Waals surface area contributed by atoms with Gasteiger partial charge in [0.15, 0.2) is 0 Å². The number of methoxy groups -OCH3 is 1. The summed E-state index contributed by atoms with van der Waals surface area (Å²) in [4.78, 5) is 21.9. The van der Waals surface area contributed by atoms with Gasteiger partial charge in [0.25, 0.3) is 0 Å². The van der Waals surface area contributed by atoms with E-state index in [0.29, 0.717) is 5.56 Å². The maximum atomic E-state index is 13.8. The SMILES string of the molecule is COC(=O)C(F)(F)c1cc(C)ccc1CC(N)=O. The largest absolute Gasteiger partial charge is 0.464 e. The number of amides is 1. The molecule has 0 atom stereocenters. The van der Waals surface area contributed by atoms with Crippen molar-refractivity contribution in [3.8, 4) is 0 Å². The summed E-state index contributed by atoms with van der Waals surface area (Å²) in [6, 6.07) is 4.07. The third kappa shape index (κ3) is 2.82. The predicted molar refractivity (Wildman–Crippen MR) is 60.0 cm³/mol. The molecule has 98 valence electrons. The van der Waals surface area contributed by atoms with Crippen molar-refractivity contribution < 1.29 is 23.1 Å². The van der Waals surface area contributed by atoms with Gasteiger partial charge >= 0.3 is 11.9 Å². The number of benzene rings is 1. The summed E-state index contributed by atoms with van der Waals surface area (Å²) in [6.07, 6.45) is -0.359. The normalized spacial score (nSPS) is 11.1. The number of ether oxygens (including phenoxy) is 1. The molecular formula is C12H13F2NO3. The number of halogens is 2. The van der Waals surface area contributed by atoms with Crippen LogP contribution in [-0.2, 0) is 26.7 Å². The number of hydrogen-bond acceptors (Lipinski definition) is 3. The highest BCUT2D eigenvalue weighted by Gasteiger charge is 2.44. The van der Waals surface area contributed by atoms with Gasteiger partial charge in [-0.1, -0.05) is 17.7 Å². The summed E-state index contributed by atoms with van der Waals surface area (Å²) in [5.41, 5.74) is 5.00. The van der Waals surface area contributed by atoms with E-state index in [1.165, 1.54) is 6.07 Å². The zero-order chi connectivity index (χ0) is 13.9. The van der Waals surface area contributed by atoms with Gasteiger partial charge in [-0.05, 0) is 18.6 Å². The lowest BCUT2D eigenvalue weighted by Crippen LogP contribution is -2.29. The van der Waals surface area contributed by atoms with Crippen LogP contribution in [0.4, 0.5) is 8.78 Å². The molecule has 2 N–H and O–H groups in total. The van der Waals surface area contributed by atoms with Crippen molar-refractivity contribution in [3.63, 3.8) is 0 Å². The van der Waals surface area contributed by atoms with Crippen LogP contribution in [0.1, 0.15) is 16.7 Å². The lowest BCUT2D eigenvalue weighted by Gasteiger charge is -2.17. The highest BCUT2D eigenvalue weighted by atomic mass is 19.3. The highest BCUT2D eigenvalue weighted by molar-refractivity contribution is 5.82. The van der Waals surface area contributed by atoms with Gasteiger partial charge < -0.3 is 10.5 Å². The number of alkyl halides is 2. The fourth-order valence-corrected chi connectivity index (χ4v) is 1.56. The number of nitrogens with two attached hydrogens (primary N) is 1. The Labute approximate surface area is 103 Å². The molecule has 0 aliphatic rings. The van der Waals surface area contributed by atoms with Crippen molar-refractivity contribution in [1.82, 2.24) is 0 Å². The van der Waals surface area contributed by atoms with E-state index in [0.717, 1.165) is 13.2 Å². The van der Waals surface area contributed by atoms with Gasteiger partial charge in [-0.25, -0.2) is 4.79 Å². The number of hydrogen-bond donors (Lipinski definition) is 1. The summed E-state index contributed by atoms with van der Waals surface area (Å²) >= 11 is 0. The summed E-state index contributed by atoms with van der Waals surface area (Å²) in [7, 11) is 0.875. The molecule has 0 fully saturated rings. The van der Waals surface area contributed by atoms with E-state index in [2.05, 4.69) is 4.74 Å². The number of esters is 1. The molecule has 0 aliphatic carbocycles. The molecule has 1 aromatic carbocycles. The van der Waals surface area contributed by atoms with Gasteiger partial charge in [-0.3, -0.25) is 4.79 Å². The lowest BCUT2D eigenvalue weighted by atomic mass is 9.96. The molecule has 1 aromatic rings. The van der Waals surface area contributed by atoms with Crippen molar-refractivity contribution in [2.45, 2.75) is 19.3 Å². The number of primary amides is 1. The maximum absolute atomic E-state index is 13.8. The number of carbonyl (C=O) groups excluding carboxylic acids is 2. The fraction of sp³-hybridized carbons (Fsp3) is 0.333. The van der Waals surface area contributed by atoms with Crippen molar-refractivity contribution in [2.75, 3.05) is 7.11 Å². The topological polar surface area (TPSA) is 69.4 Å². The Morgan fingerprint density at radius 3 is 2.50 bits per heavy atom. The number of aryl methyl sites for hydroxylation is 1. The standard InChI is InChI=1S/C12H13F2NO3/c1-7-3-4-8(6-10(15)16)9(5-7)12(13,14)11(17)18-2/h3-5H,6H2,1-2H3,(H2,15,16). The first-order valence-corrected chi connectivity index (χ1v) is 5.13. The molecule has 0 spiro atoms. The number of rotatable bonds is 4. The van der Waals surface area contributed by atoms with Gasteiger partial charge in [-0.15, -0.1) is 0 Å². The molecule has 1 rings (SSSR count). The van der Waals surface area contributed by atoms with Crippen LogP contribution in [0.2, 0.25) is 0 Å². The Morgan fingerprint density at radius 2 is 2.00 bits per heavy atom. The van der Waals surface area contributed by atoms with Crippen LogP contribution in [0.15, 0.2) is 18.2 Å². The maximum Gasteiger partial charge on any atom is 0.381 e. The van der Waals surface area contributed by atoms with E-state index < -0.39 is 23.4 Å². The fourth-order valence-electron chi connectivity index (χ4n) is 1.56. The van der Waals surface area contributed by atoms with Gasteiger partial charge in [-0.2, -0.15) is 8.78 Å². The molecule has 0 aromatic heterocycles. The zero-order valence-electron chi connectivity index (χ0n) is 10.00. The first kappa shape index (κ1) is 14.1. The summed E-state index contributed by atoms with van der Waals surface area (Å²) in [5, 5.41) is 0. The minimum atomic E-state index is -3.80. The van der Waals surface area contributed by atoms with Gasteiger partial charge in [0, 0.05) is 5.56 Å². The molecule has 0 bridgehead atoms. The minimum Gasteiger partial charge on any atom is -0.464 e. The van der Waals surface area contributed by atoms with Crippen molar-refractivity contribution in [2.24, 2.45) is 5.73 Å². The molecule has 0 saturated heterocycles. The third-order valence-corrected chi connectivity index (χ3v) is 2.41. The summed E-state index contributed by atoms with van der Waals surface area (Å²) in [6.45, 7) is 1.60. The molecule has 0 unspecified atom stereocenters. The van der Waals surface area contributed by atoms with Crippen molar-refractivity contribution >= 4 is 11.9 Å². The van der Waals surface area contributed by atoms with Crippen LogP contribution >= 0.6 is 0 Å². The quantitative estimate of drug-likeness (QED) is 0.826. The van der Waals surface area contributed by atoms with Crippen LogP contribution in [0.25, 0.3) is 0 Å². The average molecular weight is 257 g/mol. The van der Waals surface area contributed by atoms with Crippen LogP contribution in [0.3, 0.4) is 0 Å². The molecule has 0 saturated carbocycles. The van der Waals surface area contributed by atoms with Gasteiger partial charge in [0.1, 0.15) is 0 Å². The molecule has 0 heterocycles. The summed E-state index contributed by atoms with van der Waals surface area (Å²) < 4.78 is 31.7. The summed E-state index contributed by atoms with van der Waals surface area (Å²) in [5.74, 6) is -6.22. The minimum absolute atomic E-state index is 0.0171. The first-order chi connectivity index (χ1) is 8.28. The van der Waals surface area contributed by atoms with Crippen LogP contribution < -0.4 is 5.73 Å². The van der Waals surface area contributed by atoms with Crippen LogP contribution in [0, 0.1) is 6.92 Å². The smallest absolute Gasteiger partial charge is 0.381 e. The third-order valence-electron chi connectivity index (χ3n) is 2.41. The van der Waals surface area contributed by atoms with E-state index in [9.17, 15) is 18.4 Å². The Balaban J connectivity index is 3.32. The Morgan fingerprint density at radius 1 is 1.39 bits per heavy atom. The van der Waals surface area contributed by atoms with E-state index in [-0.39, 0.29) is 12.0 Å². The molecule has 6 heteroatoms. The van der Waals surface area contributed by atoms with Crippen molar-refractivity contribution in [3.05, 3.63) is 34.9 Å². The molecule has 0 radical (unpaired) electrons. The highest BCUT2D eigenvalue weighted by Crippen LogP contribution is 2.32. The average Bonchev–Trinajstić information content (AvgIpc) is 2.29. The second kappa shape index (κ2) is 5.12. The second-order valence-corrected chi connectivity index (χ2v) is 3.87. The Bertz CT molecular complexity index is 486. The van der Waals surface area contributed by atoms with E-state index in [1.54, 1.807) is 13.0 Å².